The van der Waals surface area contributed by atoms with Crippen LogP contribution in [0.25, 0.3) is 10.2 Å². The number of fused-ring (bicyclic) bond motifs is 1. The van der Waals surface area contributed by atoms with Gasteiger partial charge in [-0.15, -0.1) is 11.3 Å². The summed E-state index contributed by atoms with van der Waals surface area (Å²) in [6.07, 6.45) is 8.58. The molecule has 0 atom stereocenters. The van der Waals surface area contributed by atoms with Crippen LogP contribution in [-0.2, 0) is 6.42 Å². The number of anilines is 3. The molecule has 3 aromatic rings. The zero-order valence-electron chi connectivity index (χ0n) is 21.3. The number of thiophene rings is 1. The van der Waals surface area contributed by atoms with Crippen molar-refractivity contribution in [3.05, 3.63) is 41.0 Å². The first-order chi connectivity index (χ1) is 17.5. The van der Waals surface area contributed by atoms with Crippen LogP contribution in [0.2, 0.25) is 0 Å². The smallest absolute Gasteiger partial charge is 0.140 e. The summed E-state index contributed by atoms with van der Waals surface area (Å²) >= 11 is 1.79. The zero-order chi connectivity index (χ0) is 24.7. The average molecular weight is 502 g/mol. The van der Waals surface area contributed by atoms with E-state index in [1.165, 1.54) is 29.5 Å². The van der Waals surface area contributed by atoms with E-state index in [0.717, 1.165) is 73.0 Å². The second-order valence-corrected chi connectivity index (χ2v) is 12.1. The van der Waals surface area contributed by atoms with Crippen molar-refractivity contribution in [1.82, 2.24) is 14.9 Å². The summed E-state index contributed by atoms with van der Waals surface area (Å²) in [5.41, 5.74) is 3.18. The number of nitriles is 1. The van der Waals surface area contributed by atoms with Crippen molar-refractivity contribution >= 4 is 38.7 Å². The topological polar surface area (TPSA) is 80.1 Å². The number of aryl methyl sites for hydroxylation is 1. The van der Waals surface area contributed by atoms with Crippen LogP contribution < -0.4 is 15.5 Å². The summed E-state index contributed by atoms with van der Waals surface area (Å²) in [5.74, 6) is 1.11. The Labute approximate surface area is 217 Å². The highest BCUT2D eigenvalue weighted by Gasteiger charge is 2.49. The highest BCUT2D eigenvalue weighted by atomic mass is 32.1. The lowest BCUT2D eigenvalue weighted by atomic mass is 9.65. The van der Waals surface area contributed by atoms with Gasteiger partial charge in [-0.3, -0.25) is 0 Å². The molecule has 2 saturated heterocycles. The summed E-state index contributed by atoms with van der Waals surface area (Å²) < 4.78 is 0. The maximum absolute atomic E-state index is 9.63. The van der Waals surface area contributed by atoms with E-state index in [1.807, 2.05) is 6.07 Å². The normalized spacial score (nSPS) is 24.7. The minimum absolute atomic E-state index is 0.375. The van der Waals surface area contributed by atoms with Crippen LogP contribution in [0.1, 0.15) is 49.5 Å². The highest BCUT2D eigenvalue weighted by Crippen LogP contribution is 2.50. The molecular weight excluding hydrogens is 466 g/mol. The number of likely N-dealkylation sites (tertiary alicyclic amines) is 1. The van der Waals surface area contributed by atoms with Gasteiger partial charge in [-0.25, -0.2) is 9.97 Å². The van der Waals surface area contributed by atoms with Crippen molar-refractivity contribution in [1.29, 1.82) is 5.26 Å². The number of benzene rings is 1. The molecule has 0 bridgehead atoms. The molecule has 36 heavy (non-hydrogen) atoms. The average Bonchev–Trinajstić information content (AvgIpc) is 3.50. The SMILES string of the molecule is CCc1cc2c(N3CCC4(CC(Nc5ccc(C#N)c(NC6CCN(C)CC6)c5)C4)C3)ncnc2s1. The van der Waals surface area contributed by atoms with E-state index < -0.39 is 0 Å². The van der Waals surface area contributed by atoms with Gasteiger partial charge in [0.25, 0.3) is 0 Å². The molecule has 3 aliphatic rings. The fraction of sp³-hybridized carbons (Fsp3) is 0.536. The van der Waals surface area contributed by atoms with Gasteiger partial charge in [0.05, 0.1) is 16.6 Å². The Balaban J connectivity index is 1.09. The maximum Gasteiger partial charge on any atom is 0.140 e. The largest absolute Gasteiger partial charge is 0.382 e. The van der Waals surface area contributed by atoms with Crippen LogP contribution in [0.4, 0.5) is 17.2 Å². The number of nitrogens with one attached hydrogen (secondary N) is 2. The van der Waals surface area contributed by atoms with E-state index >= 15 is 0 Å². The van der Waals surface area contributed by atoms with E-state index in [0.29, 0.717) is 17.5 Å². The van der Waals surface area contributed by atoms with Crippen LogP contribution in [-0.4, -0.2) is 60.2 Å². The number of aromatic nitrogens is 2. The van der Waals surface area contributed by atoms with Crippen LogP contribution in [0.3, 0.4) is 0 Å². The van der Waals surface area contributed by atoms with Gasteiger partial charge in [0, 0.05) is 35.7 Å². The van der Waals surface area contributed by atoms with E-state index in [-0.39, 0.29) is 0 Å². The molecule has 1 aromatic carbocycles. The number of hydrogen-bond acceptors (Lipinski definition) is 8. The summed E-state index contributed by atoms with van der Waals surface area (Å²) in [4.78, 5) is 16.5. The number of nitrogens with zero attached hydrogens (tertiary/aromatic N) is 5. The molecule has 4 heterocycles. The molecule has 1 spiro atoms. The minimum atomic E-state index is 0.375. The molecule has 1 saturated carbocycles. The summed E-state index contributed by atoms with van der Waals surface area (Å²) in [6.45, 7) is 6.55. The predicted octanol–water partition coefficient (Wildman–Crippen LogP) is 5.10. The molecule has 188 valence electrons. The standard InChI is InChI=1S/C28H35N7S/c1-3-23-13-24-26(30-18-31-27(24)36-23)35-11-8-28(17-35)14-22(15-28)32-21-5-4-19(16-29)25(12-21)33-20-6-9-34(2)10-7-20/h4-5,12-13,18,20,22,32-33H,3,6-11,14-15,17H2,1-2H3. The fourth-order valence-electron chi connectivity index (χ4n) is 6.32. The van der Waals surface area contributed by atoms with Crippen molar-refractivity contribution in [2.24, 2.45) is 5.41 Å². The summed E-state index contributed by atoms with van der Waals surface area (Å²) in [6, 6.07) is 11.7. The first-order valence-electron chi connectivity index (χ1n) is 13.3. The first-order valence-corrected chi connectivity index (χ1v) is 14.1. The van der Waals surface area contributed by atoms with Gasteiger partial charge in [-0.1, -0.05) is 6.92 Å². The molecule has 0 radical (unpaired) electrons. The molecule has 8 heteroatoms. The van der Waals surface area contributed by atoms with Crippen LogP contribution in [0, 0.1) is 16.7 Å². The van der Waals surface area contributed by atoms with E-state index in [4.69, 9.17) is 4.98 Å². The summed E-state index contributed by atoms with van der Waals surface area (Å²) in [7, 11) is 2.18. The van der Waals surface area contributed by atoms with Crippen LogP contribution >= 0.6 is 11.3 Å². The van der Waals surface area contributed by atoms with Crippen molar-refractivity contribution < 1.29 is 0 Å². The van der Waals surface area contributed by atoms with Crippen molar-refractivity contribution in [3.63, 3.8) is 0 Å². The Bertz CT molecular complexity index is 1280. The third-order valence-electron chi connectivity index (χ3n) is 8.39. The van der Waals surface area contributed by atoms with Gasteiger partial charge in [-0.05, 0) is 88.3 Å². The van der Waals surface area contributed by atoms with Crippen molar-refractivity contribution in [3.8, 4) is 6.07 Å². The van der Waals surface area contributed by atoms with Crippen molar-refractivity contribution in [2.75, 3.05) is 48.8 Å². The monoisotopic (exact) mass is 501 g/mol. The molecule has 1 aliphatic carbocycles. The first kappa shape index (κ1) is 23.5. The second kappa shape index (κ2) is 9.53. The minimum Gasteiger partial charge on any atom is -0.382 e. The molecule has 2 N–H and O–H groups in total. The number of piperidine rings is 1. The lowest BCUT2D eigenvalue weighted by Gasteiger charge is -2.46. The number of hydrogen-bond donors (Lipinski definition) is 2. The van der Waals surface area contributed by atoms with Crippen LogP contribution in [0.15, 0.2) is 30.6 Å². The zero-order valence-corrected chi connectivity index (χ0v) is 22.1. The maximum atomic E-state index is 9.63. The van der Waals surface area contributed by atoms with Gasteiger partial charge in [-0.2, -0.15) is 5.26 Å². The Morgan fingerprint density at radius 3 is 2.72 bits per heavy atom. The van der Waals surface area contributed by atoms with E-state index in [9.17, 15) is 5.26 Å². The summed E-state index contributed by atoms with van der Waals surface area (Å²) in [5, 5.41) is 18.3. The van der Waals surface area contributed by atoms with E-state index in [2.05, 4.69) is 63.7 Å². The Morgan fingerprint density at radius 2 is 1.94 bits per heavy atom. The molecule has 2 aliphatic heterocycles. The Morgan fingerprint density at radius 1 is 1.11 bits per heavy atom. The lowest BCUT2D eigenvalue weighted by molar-refractivity contribution is 0.144. The third kappa shape index (κ3) is 4.51. The van der Waals surface area contributed by atoms with Gasteiger partial charge < -0.3 is 20.4 Å². The highest BCUT2D eigenvalue weighted by molar-refractivity contribution is 7.18. The molecule has 6 rings (SSSR count). The molecule has 7 nitrogen and oxygen atoms in total. The lowest BCUT2D eigenvalue weighted by Crippen LogP contribution is -2.46. The molecule has 2 aromatic heterocycles. The fourth-order valence-corrected chi connectivity index (χ4v) is 7.24. The van der Waals surface area contributed by atoms with Gasteiger partial charge >= 0.3 is 0 Å². The van der Waals surface area contributed by atoms with Crippen molar-refractivity contribution in [2.45, 2.75) is 57.5 Å². The Hall–Kier alpha value is -2.89. The van der Waals surface area contributed by atoms with Gasteiger partial charge in [0.15, 0.2) is 0 Å². The molecule has 0 unspecified atom stereocenters. The molecular formula is C28H35N7S. The molecule has 3 fully saturated rings. The van der Waals surface area contributed by atoms with Gasteiger partial charge in [0.2, 0.25) is 0 Å². The van der Waals surface area contributed by atoms with Crippen LogP contribution in [0.5, 0.6) is 0 Å². The quantitative estimate of drug-likeness (QED) is 0.486. The van der Waals surface area contributed by atoms with E-state index in [1.54, 1.807) is 17.7 Å². The molecule has 0 amide bonds. The third-order valence-corrected chi connectivity index (χ3v) is 9.58. The predicted molar refractivity (Wildman–Crippen MR) is 148 cm³/mol. The number of rotatable bonds is 6. The van der Waals surface area contributed by atoms with Gasteiger partial charge in [0.1, 0.15) is 23.0 Å². The Kier molecular flexibility index (Phi) is 6.22. The second-order valence-electron chi connectivity index (χ2n) is 11.0.